The zero-order chi connectivity index (χ0) is 15.7. The number of rotatable bonds is 3. The average Bonchev–Trinajstić information content (AvgIpc) is 3.06. The molecule has 0 bridgehead atoms. The van der Waals surface area contributed by atoms with Gasteiger partial charge in [0, 0.05) is 17.7 Å². The van der Waals surface area contributed by atoms with Crippen molar-refractivity contribution in [3.05, 3.63) is 57.2 Å². The van der Waals surface area contributed by atoms with Crippen molar-refractivity contribution in [2.24, 2.45) is 0 Å². The minimum atomic E-state index is -0.454. The first-order valence-corrected chi connectivity index (χ1v) is 7.35. The van der Waals surface area contributed by atoms with Crippen LogP contribution < -0.4 is 5.32 Å². The summed E-state index contributed by atoms with van der Waals surface area (Å²) in [5.41, 5.74) is 0.751. The fourth-order valence-electron chi connectivity index (χ4n) is 1.88. The van der Waals surface area contributed by atoms with Gasteiger partial charge in [-0.1, -0.05) is 12.2 Å². The Balaban J connectivity index is 1.85. The molecule has 1 amide bonds. The fourth-order valence-corrected chi connectivity index (χ4v) is 2.90. The molecule has 1 aliphatic heterocycles. The van der Waals surface area contributed by atoms with Crippen LogP contribution in [0.25, 0.3) is 17.4 Å². The number of non-ortho nitro benzene ring substituents is 1. The Bertz CT molecular complexity index is 809. The molecule has 1 fully saturated rings. The molecule has 0 unspecified atom stereocenters. The van der Waals surface area contributed by atoms with Gasteiger partial charge in [-0.05, 0) is 42.1 Å². The van der Waals surface area contributed by atoms with Crippen molar-refractivity contribution in [3.8, 4) is 11.3 Å². The van der Waals surface area contributed by atoms with Crippen LogP contribution >= 0.6 is 24.0 Å². The maximum atomic E-state index is 11.2. The van der Waals surface area contributed by atoms with Crippen molar-refractivity contribution < 1.29 is 14.1 Å². The van der Waals surface area contributed by atoms with Gasteiger partial charge in [-0.15, -0.1) is 0 Å². The van der Waals surface area contributed by atoms with Crippen molar-refractivity contribution in [1.29, 1.82) is 0 Å². The summed E-state index contributed by atoms with van der Waals surface area (Å²) in [7, 11) is 0. The monoisotopic (exact) mass is 332 g/mol. The third-order valence-electron chi connectivity index (χ3n) is 2.90. The topological polar surface area (TPSA) is 85.4 Å². The molecule has 22 heavy (non-hydrogen) atoms. The molecule has 0 atom stereocenters. The molecule has 0 spiro atoms. The van der Waals surface area contributed by atoms with E-state index in [1.54, 1.807) is 30.3 Å². The molecule has 1 aromatic carbocycles. The van der Waals surface area contributed by atoms with E-state index in [1.807, 2.05) is 0 Å². The van der Waals surface area contributed by atoms with Crippen LogP contribution in [0.3, 0.4) is 0 Å². The number of carbonyl (C=O) groups is 1. The van der Waals surface area contributed by atoms with E-state index in [0.29, 0.717) is 21.4 Å². The molecule has 1 aliphatic rings. The van der Waals surface area contributed by atoms with Gasteiger partial charge in [-0.2, -0.15) is 0 Å². The van der Waals surface area contributed by atoms with Gasteiger partial charge < -0.3 is 9.73 Å². The highest BCUT2D eigenvalue weighted by Crippen LogP contribution is 2.29. The number of nitrogens with zero attached hydrogens (tertiary/aromatic N) is 1. The number of nitro benzene ring substituents is 1. The van der Waals surface area contributed by atoms with E-state index in [0.717, 1.165) is 17.3 Å². The number of benzene rings is 1. The lowest BCUT2D eigenvalue weighted by Gasteiger charge is -1.97. The Morgan fingerprint density at radius 1 is 1.23 bits per heavy atom. The summed E-state index contributed by atoms with van der Waals surface area (Å²) in [6.07, 6.45) is 1.68. The summed E-state index contributed by atoms with van der Waals surface area (Å²) in [6, 6.07) is 9.57. The van der Waals surface area contributed by atoms with E-state index >= 15 is 0 Å². The van der Waals surface area contributed by atoms with Gasteiger partial charge in [0.1, 0.15) is 16.5 Å². The zero-order valence-electron chi connectivity index (χ0n) is 10.9. The van der Waals surface area contributed by atoms with Crippen molar-refractivity contribution in [3.63, 3.8) is 0 Å². The normalized spacial score (nSPS) is 16.1. The molecule has 0 radical (unpaired) electrons. The smallest absolute Gasteiger partial charge is 0.289 e. The number of hydrogen-bond donors (Lipinski definition) is 1. The van der Waals surface area contributed by atoms with Gasteiger partial charge in [-0.25, -0.2) is 0 Å². The van der Waals surface area contributed by atoms with Crippen LogP contribution in [0.2, 0.25) is 0 Å². The van der Waals surface area contributed by atoms with Crippen LogP contribution in [0.5, 0.6) is 0 Å². The standard InChI is InChI=1S/C14H8N2O4S2/c17-14-15-13(21)12(22-14)7-10-5-6-11(20-10)8-1-3-9(4-2-8)16(18)19/h1-7H,(H,15,17,21)/b12-7-. The van der Waals surface area contributed by atoms with Crippen molar-refractivity contribution >= 4 is 46.0 Å². The summed E-state index contributed by atoms with van der Waals surface area (Å²) < 4.78 is 5.66. The molecule has 1 aromatic heterocycles. The second-order valence-electron chi connectivity index (χ2n) is 4.36. The highest BCUT2D eigenvalue weighted by atomic mass is 32.2. The molecule has 6 nitrogen and oxygen atoms in total. The van der Waals surface area contributed by atoms with Crippen LogP contribution in [0, 0.1) is 10.1 Å². The Hall–Kier alpha value is -2.45. The zero-order valence-corrected chi connectivity index (χ0v) is 12.6. The van der Waals surface area contributed by atoms with Crippen molar-refractivity contribution in [2.75, 3.05) is 0 Å². The first-order valence-electron chi connectivity index (χ1n) is 6.12. The molecular formula is C14H8N2O4S2. The molecule has 2 aromatic rings. The second-order valence-corrected chi connectivity index (χ2v) is 5.78. The largest absolute Gasteiger partial charge is 0.457 e. The number of thioether (sulfide) groups is 1. The lowest BCUT2D eigenvalue weighted by Crippen LogP contribution is -2.15. The van der Waals surface area contributed by atoms with Crippen LogP contribution in [0.4, 0.5) is 10.5 Å². The first kappa shape index (κ1) is 14.5. The third-order valence-corrected chi connectivity index (χ3v) is 4.19. The van der Waals surface area contributed by atoms with Crippen LogP contribution in [0.1, 0.15) is 5.76 Å². The lowest BCUT2D eigenvalue weighted by atomic mass is 10.1. The van der Waals surface area contributed by atoms with E-state index in [1.165, 1.54) is 12.1 Å². The number of amides is 1. The van der Waals surface area contributed by atoms with Gasteiger partial charge >= 0.3 is 0 Å². The molecule has 3 rings (SSSR count). The highest BCUT2D eigenvalue weighted by molar-refractivity contribution is 8.19. The number of nitro groups is 1. The molecule has 2 heterocycles. The van der Waals surface area contributed by atoms with Gasteiger partial charge in [0.15, 0.2) is 0 Å². The summed E-state index contributed by atoms with van der Waals surface area (Å²) in [5, 5.41) is 12.9. The molecular weight excluding hydrogens is 324 g/mol. The van der Waals surface area contributed by atoms with Gasteiger partial charge in [-0.3, -0.25) is 14.9 Å². The van der Waals surface area contributed by atoms with E-state index in [-0.39, 0.29) is 10.9 Å². The van der Waals surface area contributed by atoms with Crippen molar-refractivity contribution in [2.45, 2.75) is 0 Å². The first-order chi connectivity index (χ1) is 10.5. The maximum Gasteiger partial charge on any atom is 0.289 e. The highest BCUT2D eigenvalue weighted by Gasteiger charge is 2.22. The number of thiocarbonyl (C=S) groups is 1. The summed E-state index contributed by atoms with van der Waals surface area (Å²) >= 11 is 6.04. The van der Waals surface area contributed by atoms with Crippen LogP contribution in [0.15, 0.2) is 45.7 Å². The molecule has 8 heteroatoms. The molecule has 1 N–H and O–H groups in total. The van der Waals surface area contributed by atoms with Gasteiger partial charge in [0.05, 0.1) is 9.83 Å². The summed E-state index contributed by atoms with van der Waals surface area (Å²) in [4.78, 5) is 22.4. The predicted molar refractivity (Wildman–Crippen MR) is 87.5 cm³/mol. The number of hydrogen-bond acceptors (Lipinski definition) is 6. The summed E-state index contributed by atoms with van der Waals surface area (Å²) in [6.45, 7) is 0. The average molecular weight is 332 g/mol. The Labute approximate surface area is 134 Å². The van der Waals surface area contributed by atoms with E-state index in [9.17, 15) is 14.9 Å². The van der Waals surface area contributed by atoms with Gasteiger partial charge in [0.2, 0.25) is 0 Å². The number of carbonyl (C=O) groups excluding carboxylic acids is 1. The third kappa shape index (κ3) is 2.92. The minimum absolute atomic E-state index is 0.0231. The van der Waals surface area contributed by atoms with E-state index in [4.69, 9.17) is 16.6 Å². The Kier molecular flexibility index (Phi) is 3.78. The van der Waals surface area contributed by atoms with Gasteiger partial charge in [0.25, 0.3) is 10.9 Å². The van der Waals surface area contributed by atoms with Crippen molar-refractivity contribution in [1.82, 2.24) is 5.32 Å². The second kappa shape index (κ2) is 5.74. The molecule has 0 saturated carbocycles. The maximum absolute atomic E-state index is 11.2. The van der Waals surface area contributed by atoms with Crippen LogP contribution in [-0.4, -0.2) is 15.2 Å². The molecule has 110 valence electrons. The SMILES string of the molecule is O=C1NC(=S)/C(=C/c2ccc(-c3ccc([N+](=O)[O-])cc3)o2)S1. The minimum Gasteiger partial charge on any atom is -0.457 e. The number of nitrogens with one attached hydrogen (secondary N) is 1. The predicted octanol–water partition coefficient (Wildman–Crippen LogP) is 3.98. The van der Waals surface area contributed by atoms with E-state index < -0.39 is 4.92 Å². The lowest BCUT2D eigenvalue weighted by molar-refractivity contribution is -0.384. The van der Waals surface area contributed by atoms with E-state index in [2.05, 4.69) is 5.32 Å². The summed E-state index contributed by atoms with van der Waals surface area (Å²) in [5.74, 6) is 1.13. The molecule has 1 saturated heterocycles. The fraction of sp³-hybridized carbons (Fsp3) is 0. The quantitative estimate of drug-likeness (QED) is 0.396. The van der Waals surface area contributed by atoms with Crippen LogP contribution in [-0.2, 0) is 0 Å². The number of furan rings is 1. The Morgan fingerprint density at radius 3 is 2.55 bits per heavy atom. The molecule has 0 aliphatic carbocycles. The Morgan fingerprint density at radius 2 is 1.95 bits per heavy atom.